The first-order valence-electron chi connectivity index (χ1n) is 12.8. The Labute approximate surface area is 231 Å². The number of aryl methyl sites for hydroxylation is 1. The lowest BCUT2D eigenvalue weighted by atomic mass is 10.1. The lowest BCUT2D eigenvalue weighted by molar-refractivity contribution is -0.131. The molecule has 39 heavy (non-hydrogen) atoms. The van der Waals surface area contributed by atoms with Crippen LogP contribution in [0.25, 0.3) is 22.4 Å². The van der Waals surface area contributed by atoms with Gasteiger partial charge in [0, 0.05) is 36.5 Å². The third kappa shape index (κ3) is 6.85. The van der Waals surface area contributed by atoms with Gasteiger partial charge < -0.3 is 35.2 Å². The van der Waals surface area contributed by atoms with Crippen LogP contribution in [0.2, 0.25) is 5.02 Å². The summed E-state index contributed by atoms with van der Waals surface area (Å²) in [7, 11) is 0. The topological polar surface area (TPSA) is 148 Å². The molecule has 0 bridgehead atoms. The van der Waals surface area contributed by atoms with Crippen LogP contribution in [0.15, 0.2) is 53.5 Å². The van der Waals surface area contributed by atoms with Crippen molar-refractivity contribution >= 4 is 34.2 Å². The number of hydrogen-bond acceptors (Lipinski definition) is 7. The molecular formula is C28H33ClN6O4. The summed E-state index contributed by atoms with van der Waals surface area (Å²) >= 11 is 6.05. The van der Waals surface area contributed by atoms with Crippen molar-refractivity contribution in [3.8, 4) is 11.4 Å². The number of anilines is 1. The van der Waals surface area contributed by atoms with Crippen LogP contribution < -0.4 is 16.2 Å². The largest absolute Gasteiger partial charge is 0.387 e. The average Bonchev–Trinajstić information content (AvgIpc) is 3.34. The van der Waals surface area contributed by atoms with E-state index in [-0.39, 0.29) is 17.9 Å². The van der Waals surface area contributed by atoms with Crippen molar-refractivity contribution in [1.82, 2.24) is 20.3 Å². The Morgan fingerprint density at radius 1 is 1.15 bits per heavy atom. The van der Waals surface area contributed by atoms with E-state index < -0.39 is 12.4 Å². The monoisotopic (exact) mass is 552 g/mol. The highest BCUT2D eigenvalue weighted by molar-refractivity contribution is 6.30. The van der Waals surface area contributed by atoms with Crippen molar-refractivity contribution in [2.75, 3.05) is 31.6 Å². The van der Waals surface area contributed by atoms with Gasteiger partial charge in [0.15, 0.2) is 6.29 Å². The molecule has 0 saturated carbocycles. The fraction of sp³-hybridized carbons (Fsp3) is 0.321. The van der Waals surface area contributed by atoms with Gasteiger partial charge in [-0.3, -0.25) is 10.2 Å². The van der Waals surface area contributed by atoms with E-state index in [1.54, 1.807) is 30.3 Å². The summed E-state index contributed by atoms with van der Waals surface area (Å²) in [4.78, 5) is 23.5. The Morgan fingerprint density at radius 3 is 2.64 bits per heavy atom. The molecule has 1 atom stereocenters. The predicted octanol–water partition coefficient (Wildman–Crippen LogP) is 4.34. The van der Waals surface area contributed by atoms with E-state index in [0.717, 1.165) is 5.56 Å². The maximum absolute atomic E-state index is 12.9. The normalized spacial score (nSPS) is 12.2. The number of H-pyrrole nitrogens is 2. The molecule has 6 N–H and O–H groups in total. The quantitative estimate of drug-likeness (QED) is 0.0869. The Balaban J connectivity index is 1.57. The van der Waals surface area contributed by atoms with Crippen LogP contribution in [0.5, 0.6) is 0 Å². The molecule has 0 fully saturated rings. The van der Waals surface area contributed by atoms with Gasteiger partial charge >= 0.3 is 0 Å². The Hall–Kier alpha value is -3.70. The summed E-state index contributed by atoms with van der Waals surface area (Å²) in [5.74, 6) is 0.592. The molecule has 1 unspecified atom stereocenters. The van der Waals surface area contributed by atoms with Gasteiger partial charge in [-0.2, -0.15) is 0 Å². The molecule has 10 nitrogen and oxygen atoms in total. The minimum absolute atomic E-state index is 0.160. The number of fused-ring (bicyclic) bond motifs is 1. The standard InChI is InChI=1S/C28H33ClN6O4/c1-4-38-23(39-5-2)15-33-26(30)18-11-16(3)25-21(13-18)34-27(35-25)24-20(9-10-31-28(24)37)32-14-22(36)17-7-6-8-19(29)12-17/h6-13,22-23,36H,4-5,14-15H2,1-3H3,(H2,30,33)(H,34,35)(H2,31,32,37). The number of halogens is 1. The fourth-order valence-electron chi connectivity index (χ4n) is 4.28. The van der Waals surface area contributed by atoms with Gasteiger partial charge in [0.1, 0.15) is 17.2 Å². The fourth-order valence-corrected chi connectivity index (χ4v) is 4.48. The highest BCUT2D eigenvalue weighted by atomic mass is 35.5. The lowest BCUT2D eigenvalue weighted by Gasteiger charge is -2.18. The minimum Gasteiger partial charge on any atom is -0.387 e. The van der Waals surface area contributed by atoms with Gasteiger partial charge in [0.2, 0.25) is 0 Å². The Morgan fingerprint density at radius 2 is 1.92 bits per heavy atom. The minimum atomic E-state index is -0.833. The Kier molecular flexibility index (Phi) is 9.36. The van der Waals surface area contributed by atoms with Crippen molar-refractivity contribution < 1.29 is 14.6 Å². The van der Waals surface area contributed by atoms with Crippen molar-refractivity contribution in [3.63, 3.8) is 0 Å². The summed E-state index contributed by atoms with van der Waals surface area (Å²) in [6.45, 7) is 7.21. The number of amidine groups is 1. The maximum Gasteiger partial charge on any atom is 0.261 e. The van der Waals surface area contributed by atoms with Gasteiger partial charge in [-0.15, -0.1) is 0 Å². The van der Waals surface area contributed by atoms with Crippen LogP contribution in [0.1, 0.15) is 36.6 Å². The van der Waals surface area contributed by atoms with E-state index in [4.69, 9.17) is 31.5 Å². The van der Waals surface area contributed by atoms with Crippen LogP contribution in [-0.2, 0) is 9.47 Å². The number of hydrogen-bond donors (Lipinski definition) is 6. The van der Waals surface area contributed by atoms with Gasteiger partial charge in [-0.1, -0.05) is 23.7 Å². The van der Waals surface area contributed by atoms with Crippen LogP contribution in [-0.4, -0.2) is 58.5 Å². The zero-order valence-corrected chi connectivity index (χ0v) is 22.9. The molecule has 2 aromatic carbocycles. The molecule has 2 heterocycles. The number of rotatable bonds is 12. The lowest BCUT2D eigenvalue weighted by Crippen LogP contribution is -2.35. The van der Waals surface area contributed by atoms with Gasteiger partial charge in [0.25, 0.3) is 5.56 Å². The smallest absolute Gasteiger partial charge is 0.261 e. The SMILES string of the molecule is CCOC(CNC(=N)c1cc(C)c2nc(-c3c(NCC(O)c4cccc(Cl)c4)cc[nH]c3=O)[nH]c2c1)OCC. The molecule has 0 radical (unpaired) electrons. The highest BCUT2D eigenvalue weighted by Gasteiger charge is 2.18. The third-order valence-electron chi connectivity index (χ3n) is 6.13. The van der Waals surface area contributed by atoms with Crippen LogP contribution in [0, 0.1) is 12.3 Å². The first-order valence-corrected chi connectivity index (χ1v) is 13.1. The molecule has 0 spiro atoms. The second-order valence-corrected chi connectivity index (χ2v) is 9.35. The second-order valence-electron chi connectivity index (χ2n) is 8.92. The van der Waals surface area contributed by atoms with E-state index in [9.17, 15) is 9.90 Å². The molecule has 206 valence electrons. The van der Waals surface area contributed by atoms with Crippen LogP contribution >= 0.6 is 11.6 Å². The Bertz CT molecular complexity index is 1500. The average molecular weight is 553 g/mol. The molecule has 2 aromatic heterocycles. The maximum atomic E-state index is 12.9. The zero-order valence-electron chi connectivity index (χ0n) is 22.1. The second kappa shape index (κ2) is 12.9. The van der Waals surface area contributed by atoms with Gasteiger partial charge in [0.05, 0.1) is 29.4 Å². The zero-order chi connectivity index (χ0) is 27.9. The summed E-state index contributed by atoms with van der Waals surface area (Å²) in [5, 5.41) is 25.9. The molecule has 11 heteroatoms. The third-order valence-corrected chi connectivity index (χ3v) is 6.37. The summed E-state index contributed by atoms with van der Waals surface area (Å²) in [6, 6.07) is 12.4. The van der Waals surface area contributed by atoms with Crippen LogP contribution in [0.3, 0.4) is 0 Å². The molecule has 0 aliphatic carbocycles. The molecular weight excluding hydrogens is 520 g/mol. The number of nitrogens with zero attached hydrogens (tertiary/aromatic N) is 1. The highest BCUT2D eigenvalue weighted by Crippen LogP contribution is 2.27. The predicted molar refractivity (Wildman–Crippen MR) is 154 cm³/mol. The number of aliphatic hydroxyl groups excluding tert-OH is 1. The van der Waals surface area contributed by atoms with E-state index >= 15 is 0 Å². The number of imidazole rings is 1. The first-order chi connectivity index (χ1) is 18.8. The van der Waals surface area contributed by atoms with Gasteiger partial charge in [-0.25, -0.2) is 4.98 Å². The van der Waals surface area contributed by atoms with E-state index in [0.29, 0.717) is 64.0 Å². The molecule has 0 amide bonds. The van der Waals surface area contributed by atoms with Crippen molar-refractivity contribution in [2.24, 2.45) is 0 Å². The van der Waals surface area contributed by atoms with Crippen molar-refractivity contribution in [3.05, 3.63) is 80.7 Å². The number of aromatic amines is 2. The molecule has 0 saturated heterocycles. The summed E-state index contributed by atoms with van der Waals surface area (Å²) in [6.07, 6.45) is 0.258. The van der Waals surface area contributed by atoms with E-state index in [2.05, 4.69) is 20.6 Å². The molecule has 4 aromatic rings. The number of aromatic nitrogens is 3. The van der Waals surface area contributed by atoms with Crippen molar-refractivity contribution in [1.29, 1.82) is 5.41 Å². The summed E-state index contributed by atoms with van der Waals surface area (Å²) < 4.78 is 11.1. The molecule has 0 aliphatic rings. The number of benzene rings is 2. The van der Waals surface area contributed by atoms with Crippen LogP contribution in [0.4, 0.5) is 5.69 Å². The van der Waals surface area contributed by atoms with E-state index in [1.807, 2.05) is 32.9 Å². The molecule has 4 rings (SSSR count). The molecule has 0 aliphatic heterocycles. The van der Waals surface area contributed by atoms with Gasteiger partial charge in [-0.05, 0) is 62.2 Å². The number of aliphatic hydroxyl groups is 1. The summed E-state index contributed by atoms with van der Waals surface area (Å²) in [5.41, 5.74) is 4.05. The first kappa shape index (κ1) is 28.3. The number of nitrogens with one attached hydrogen (secondary N) is 5. The number of pyridine rings is 1. The van der Waals surface area contributed by atoms with E-state index in [1.165, 1.54) is 6.20 Å². The number of ether oxygens (including phenoxy) is 2. The van der Waals surface area contributed by atoms with Crippen molar-refractivity contribution in [2.45, 2.75) is 33.2 Å².